The van der Waals surface area contributed by atoms with Gasteiger partial charge >= 0.3 is 0 Å². The van der Waals surface area contributed by atoms with Gasteiger partial charge in [-0.1, -0.05) is 24.3 Å². The number of aromatic amines is 1. The minimum atomic E-state index is -2.73. The lowest BCUT2D eigenvalue weighted by molar-refractivity contribution is -0.160. The average Bonchev–Trinajstić information content (AvgIpc) is 3.71. The molecule has 0 unspecified atom stereocenters. The Labute approximate surface area is 234 Å². The Hall–Kier alpha value is -4.67. The fraction of sp³-hybridized carbons (Fsp3) is 0.300. The first-order chi connectivity index (χ1) is 19.7. The number of carbonyl (C=O) groups is 2. The summed E-state index contributed by atoms with van der Waals surface area (Å²) in [6, 6.07) is 13.8. The number of anilines is 2. The predicted molar refractivity (Wildman–Crippen MR) is 147 cm³/mol. The Morgan fingerprint density at radius 3 is 2.39 bits per heavy atom. The van der Waals surface area contributed by atoms with Crippen molar-refractivity contribution >= 4 is 23.3 Å². The Balaban J connectivity index is 1.16. The van der Waals surface area contributed by atoms with Crippen LogP contribution in [-0.2, 0) is 35.8 Å². The SMILES string of the molecule is CC(=O)N1Cc2nc(-c3ccc4c(c3)CN(C(=O)C3CC(F)(F)C3)C4)nc(Nc3ccc(-c4cn[nH]c4)cc3)c2C1. The lowest BCUT2D eigenvalue weighted by atomic mass is 9.80. The van der Waals surface area contributed by atoms with Gasteiger partial charge in [-0.3, -0.25) is 14.7 Å². The van der Waals surface area contributed by atoms with Gasteiger partial charge in [0.05, 0.1) is 25.0 Å². The Bertz CT molecular complexity index is 1660. The lowest BCUT2D eigenvalue weighted by Crippen LogP contribution is -2.45. The van der Waals surface area contributed by atoms with Crippen LogP contribution < -0.4 is 5.32 Å². The Morgan fingerprint density at radius 2 is 1.68 bits per heavy atom. The maximum Gasteiger partial charge on any atom is 0.249 e. The topological polar surface area (TPSA) is 107 Å². The van der Waals surface area contributed by atoms with Crippen molar-refractivity contribution in [3.8, 4) is 22.5 Å². The number of nitrogens with one attached hydrogen (secondary N) is 2. The van der Waals surface area contributed by atoms with E-state index in [1.165, 1.54) is 0 Å². The molecular weight excluding hydrogens is 528 g/mol. The minimum Gasteiger partial charge on any atom is -0.340 e. The van der Waals surface area contributed by atoms with Crippen molar-refractivity contribution in [3.05, 3.63) is 77.2 Å². The zero-order chi connectivity index (χ0) is 28.3. The summed E-state index contributed by atoms with van der Waals surface area (Å²) in [5.41, 5.74) is 7.25. The number of rotatable bonds is 5. The van der Waals surface area contributed by atoms with Gasteiger partial charge < -0.3 is 15.1 Å². The molecule has 7 rings (SSSR count). The molecule has 11 heteroatoms. The van der Waals surface area contributed by atoms with Crippen LogP contribution in [0.1, 0.15) is 42.1 Å². The molecule has 9 nitrogen and oxygen atoms in total. The molecule has 4 aromatic rings. The second kappa shape index (κ2) is 9.46. The molecule has 1 aliphatic carbocycles. The van der Waals surface area contributed by atoms with E-state index in [2.05, 4.69) is 15.5 Å². The standard InChI is InChI=1S/C30H27F2N7O2/c1-17(40)38-15-25-26(16-38)36-27(37-28(25)35-24-6-4-18(5-7-24)23-11-33-34-12-23)19-2-3-20-13-39(14-21(20)8-19)29(41)22-9-30(31,32)10-22/h2-8,11-12,22H,9-10,13-16H2,1H3,(H,33,34)(H,35,36,37). The molecular formula is C30H27F2N7O2. The molecule has 0 bridgehead atoms. The molecule has 2 N–H and O–H groups in total. The van der Waals surface area contributed by atoms with E-state index >= 15 is 0 Å². The monoisotopic (exact) mass is 555 g/mol. The van der Waals surface area contributed by atoms with Gasteiger partial charge in [0.25, 0.3) is 0 Å². The number of carbonyl (C=O) groups excluding carboxylic acids is 2. The molecule has 0 saturated heterocycles. The summed E-state index contributed by atoms with van der Waals surface area (Å²) in [5, 5.41) is 10.3. The van der Waals surface area contributed by atoms with Crippen LogP contribution in [0.15, 0.2) is 54.9 Å². The predicted octanol–water partition coefficient (Wildman–Crippen LogP) is 5.03. The summed E-state index contributed by atoms with van der Waals surface area (Å²) in [7, 11) is 0. The smallest absolute Gasteiger partial charge is 0.249 e. The minimum absolute atomic E-state index is 0.0357. The third kappa shape index (κ3) is 4.71. The molecule has 2 aliphatic heterocycles. The Morgan fingerprint density at radius 1 is 0.927 bits per heavy atom. The molecule has 0 atom stereocenters. The number of benzene rings is 2. The highest BCUT2D eigenvalue weighted by atomic mass is 19.3. The van der Waals surface area contributed by atoms with E-state index < -0.39 is 11.8 Å². The van der Waals surface area contributed by atoms with Crippen LogP contribution in [-0.4, -0.2) is 47.7 Å². The summed E-state index contributed by atoms with van der Waals surface area (Å²) in [6.07, 6.45) is 2.86. The summed E-state index contributed by atoms with van der Waals surface area (Å²) in [6.45, 7) is 3.15. The highest BCUT2D eigenvalue weighted by molar-refractivity contribution is 5.81. The van der Waals surface area contributed by atoms with E-state index in [1.807, 2.05) is 48.7 Å². The van der Waals surface area contributed by atoms with Crippen molar-refractivity contribution in [1.29, 1.82) is 0 Å². The molecule has 1 saturated carbocycles. The number of hydrogen-bond acceptors (Lipinski definition) is 6. The molecule has 0 spiro atoms. The normalized spacial score (nSPS) is 17.2. The second-order valence-electron chi connectivity index (χ2n) is 11.0. The van der Waals surface area contributed by atoms with Gasteiger partial charge in [0.1, 0.15) is 5.82 Å². The first-order valence-corrected chi connectivity index (χ1v) is 13.5. The third-order valence-corrected chi connectivity index (χ3v) is 8.14. The van der Waals surface area contributed by atoms with Gasteiger partial charge in [-0.2, -0.15) is 5.10 Å². The Kier molecular flexibility index (Phi) is 5.84. The maximum absolute atomic E-state index is 13.3. The van der Waals surface area contributed by atoms with Gasteiger partial charge in [0.15, 0.2) is 5.82 Å². The van der Waals surface area contributed by atoms with Gasteiger partial charge in [0.2, 0.25) is 17.7 Å². The number of alkyl halides is 2. The fourth-order valence-corrected chi connectivity index (χ4v) is 5.78. The molecule has 2 aromatic carbocycles. The summed E-state index contributed by atoms with van der Waals surface area (Å²) >= 11 is 0. The first kappa shape index (κ1) is 25.3. The number of nitrogens with zero attached hydrogens (tertiary/aromatic N) is 5. The van der Waals surface area contributed by atoms with Crippen LogP contribution in [0.3, 0.4) is 0 Å². The quantitative estimate of drug-likeness (QED) is 0.358. The number of halogens is 2. The largest absolute Gasteiger partial charge is 0.340 e. The van der Waals surface area contributed by atoms with Crippen LogP contribution in [0.4, 0.5) is 20.3 Å². The molecule has 41 heavy (non-hydrogen) atoms. The van der Waals surface area contributed by atoms with Crippen molar-refractivity contribution in [1.82, 2.24) is 30.0 Å². The molecule has 1 fully saturated rings. The van der Waals surface area contributed by atoms with E-state index in [1.54, 1.807) is 22.9 Å². The van der Waals surface area contributed by atoms with E-state index in [9.17, 15) is 18.4 Å². The van der Waals surface area contributed by atoms with Crippen LogP contribution in [0.5, 0.6) is 0 Å². The molecule has 2 amide bonds. The number of aromatic nitrogens is 4. The first-order valence-electron chi connectivity index (χ1n) is 13.5. The molecule has 4 heterocycles. The highest BCUT2D eigenvalue weighted by Crippen LogP contribution is 2.44. The van der Waals surface area contributed by atoms with Crippen molar-refractivity contribution < 1.29 is 18.4 Å². The van der Waals surface area contributed by atoms with E-state index in [0.717, 1.165) is 44.8 Å². The highest BCUT2D eigenvalue weighted by Gasteiger charge is 2.50. The van der Waals surface area contributed by atoms with Crippen molar-refractivity contribution in [2.75, 3.05) is 5.32 Å². The number of H-pyrrole nitrogens is 1. The van der Waals surface area contributed by atoms with E-state index in [0.29, 0.717) is 37.8 Å². The van der Waals surface area contributed by atoms with Crippen molar-refractivity contribution in [3.63, 3.8) is 0 Å². The lowest BCUT2D eigenvalue weighted by Gasteiger charge is -2.36. The average molecular weight is 556 g/mol. The summed E-state index contributed by atoms with van der Waals surface area (Å²) in [5.74, 6) is -2.43. The molecule has 2 aromatic heterocycles. The molecule has 3 aliphatic rings. The zero-order valence-corrected chi connectivity index (χ0v) is 22.3. The molecule has 0 radical (unpaired) electrons. The van der Waals surface area contributed by atoms with Gasteiger partial charge in [0, 0.05) is 67.3 Å². The van der Waals surface area contributed by atoms with Gasteiger partial charge in [-0.05, 0) is 34.9 Å². The van der Waals surface area contributed by atoms with Gasteiger partial charge in [-0.25, -0.2) is 18.7 Å². The zero-order valence-electron chi connectivity index (χ0n) is 22.3. The maximum atomic E-state index is 13.3. The fourth-order valence-electron chi connectivity index (χ4n) is 5.78. The van der Waals surface area contributed by atoms with Crippen LogP contribution in [0, 0.1) is 5.92 Å². The summed E-state index contributed by atoms with van der Waals surface area (Å²) in [4.78, 5) is 38.1. The third-order valence-electron chi connectivity index (χ3n) is 8.14. The number of hydrogen-bond donors (Lipinski definition) is 2. The van der Waals surface area contributed by atoms with E-state index in [-0.39, 0.29) is 24.7 Å². The van der Waals surface area contributed by atoms with Crippen LogP contribution >= 0.6 is 0 Å². The van der Waals surface area contributed by atoms with Crippen LogP contribution in [0.25, 0.3) is 22.5 Å². The van der Waals surface area contributed by atoms with Crippen LogP contribution in [0.2, 0.25) is 0 Å². The number of fused-ring (bicyclic) bond motifs is 2. The summed E-state index contributed by atoms with van der Waals surface area (Å²) < 4.78 is 26.7. The number of amides is 2. The van der Waals surface area contributed by atoms with E-state index in [4.69, 9.17) is 9.97 Å². The molecule has 208 valence electrons. The van der Waals surface area contributed by atoms with Crippen molar-refractivity contribution in [2.24, 2.45) is 5.92 Å². The van der Waals surface area contributed by atoms with Gasteiger partial charge in [-0.15, -0.1) is 0 Å². The second-order valence-corrected chi connectivity index (χ2v) is 11.0. The van der Waals surface area contributed by atoms with Crippen molar-refractivity contribution in [2.45, 2.75) is 51.9 Å².